The van der Waals surface area contributed by atoms with Crippen LogP contribution in [-0.4, -0.2) is 28.7 Å². The molecule has 1 aliphatic rings. The summed E-state index contributed by atoms with van der Waals surface area (Å²) in [4.78, 5) is 11.7. The van der Waals surface area contributed by atoms with Crippen LogP contribution in [0, 0.1) is 0 Å². The maximum Gasteiger partial charge on any atom is 0.272 e. The second-order valence-corrected chi connectivity index (χ2v) is 4.07. The van der Waals surface area contributed by atoms with Crippen molar-refractivity contribution in [1.29, 1.82) is 0 Å². The van der Waals surface area contributed by atoms with E-state index in [1.54, 1.807) is 19.2 Å². The number of rotatable bonds is 3. The van der Waals surface area contributed by atoms with E-state index in [0.29, 0.717) is 11.5 Å². The molecule has 0 atom stereocenters. The molecule has 0 saturated heterocycles. The average molecular weight is 206 g/mol. The third kappa shape index (κ3) is 2.23. The van der Waals surface area contributed by atoms with Crippen LogP contribution < -0.4 is 10.6 Å². The fraction of sp³-hybridized carbons (Fsp3) is 0.500. The van der Waals surface area contributed by atoms with Crippen LogP contribution in [0.15, 0.2) is 12.1 Å². The zero-order valence-corrected chi connectivity index (χ0v) is 8.87. The van der Waals surface area contributed by atoms with Gasteiger partial charge in [0.25, 0.3) is 5.91 Å². The molecule has 0 aromatic carbocycles. The number of amides is 1. The fourth-order valence-corrected chi connectivity index (χ4v) is 1.24. The number of hydrogen-bond donors (Lipinski definition) is 2. The number of anilines is 1. The second kappa shape index (κ2) is 3.49. The third-order valence-electron chi connectivity index (χ3n) is 2.57. The van der Waals surface area contributed by atoms with Gasteiger partial charge in [0.05, 0.1) is 0 Å². The van der Waals surface area contributed by atoms with Gasteiger partial charge in [-0.25, -0.2) is 0 Å². The smallest absolute Gasteiger partial charge is 0.272 e. The molecule has 2 rings (SSSR count). The predicted molar refractivity (Wildman–Crippen MR) is 56.7 cm³/mol. The van der Waals surface area contributed by atoms with E-state index in [1.807, 2.05) is 6.92 Å². The minimum Gasteiger partial charge on any atom is -0.372 e. The summed E-state index contributed by atoms with van der Waals surface area (Å²) in [6.45, 7) is 2.03. The number of nitrogens with zero attached hydrogens (tertiary/aromatic N) is 2. The van der Waals surface area contributed by atoms with Crippen LogP contribution in [0.5, 0.6) is 0 Å². The maximum absolute atomic E-state index is 11.7. The van der Waals surface area contributed by atoms with Crippen molar-refractivity contribution in [3.05, 3.63) is 17.8 Å². The Morgan fingerprint density at radius 1 is 1.40 bits per heavy atom. The molecule has 1 saturated carbocycles. The highest BCUT2D eigenvalue weighted by Gasteiger charge is 2.39. The molecule has 0 aliphatic heterocycles. The SMILES string of the molecule is CNc1ccc(C(=O)NC2(C)CC2)nn1. The van der Waals surface area contributed by atoms with Gasteiger partial charge >= 0.3 is 0 Å². The summed E-state index contributed by atoms with van der Waals surface area (Å²) < 4.78 is 0. The van der Waals surface area contributed by atoms with Crippen LogP contribution in [0.4, 0.5) is 5.82 Å². The minimum absolute atomic E-state index is 0.0135. The van der Waals surface area contributed by atoms with Crippen molar-refractivity contribution in [3.8, 4) is 0 Å². The first-order valence-corrected chi connectivity index (χ1v) is 4.97. The van der Waals surface area contributed by atoms with Gasteiger partial charge in [-0.1, -0.05) is 0 Å². The molecule has 0 spiro atoms. The summed E-state index contributed by atoms with van der Waals surface area (Å²) in [5, 5.41) is 13.5. The van der Waals surface area contributed by atoms with Gasteiger partial charge in [-0.15, -0.1) is 10.2 Å². The van der Waals surface area contributed by atoms with Crippen molar-refractivity contribution in [2.24, 2.45) is 0 Å². The van der Waals surface area contributed by atoms with E-state index in [4.69, 9.17) is 0 Å². The van der Waals surface area contributed by atoms with Crippen LogP contribution in [-0.2, 0) is 0 Å². The normalized spacial score (nSPS) is 16.9. The van der Waals surface area contributed by atoms with E-state index in [0.717, 1.165) is 12.8 Å². The number of hydrogen-bond acceptors (Lipinski definition) is 4. The highest BCUT2D eigenvalue weighted by molar-refractivity contribution is 5.92. The second-order valence-electron chi connectivity index (χ2n) is 4.07. The van der Waals surface area contributed by atoms with E-state index in [9.17, 15) is 4.79 Å². The standard InChI is InChI=1S/C10H14N4O/c1-10(5-6-10)12-9(15)7-3-4-8(11-2)14-13-7/h3-4H,5-6H2,1-2H3,(H,11,14)(H,12,15). The van der Waals surface area contributed by atoms with Gasteiger partial charge in [-0.3, -0.25) is 4.79 Å². The third-order valence-corrected chi connectivity index (χ3v) is 2.57. The topological polar surface area (TPSA) is 66.9 Å². The summed E-state index contributed by atoms with van der Waals surface area (Å²) in [6, 6.07) is 3.40. The number of aromatic nitrogens is 2. The van der Waals surface area contributed by atoms with Crippen molar-refractivity contribution in [3.63, 3.8) is 0 Å². The first-order valence-electron chi connectivity index (χ1n) is 4.97. The average Bonchev–Trinajstić information content (AvgIpc) is 2.96. The quantitative estimate of drug-likeness (QED) is 0.767. The lowest BCUT2D eigenvalue weighted by Crippen LogP contribution is -2.34. The highest BCUT2D eigenvalue weighted by Crippen LogP contribution is 2.34. The number of nitrogens with one attached hydrogen (secondary N) is 2. The Morgan fingerprint density at radius 3 is 2.60 bits per heavy atom. The molecule has 1 aromatic heterocycles. The van der Waals surface area contributed by atoms with Gasteiger partial charge in [0.2, 0.25) is 0 Å². The molecule has 80 valence electrons. The van der Waals surface area contributed by atoms with E-state index in [2.05, 4.69) is 20.8 Å². The van der Waals surface area contributed by atoms with Crippen LogP contribution >= 0.6 is 0 Å². The van der Waals surface area contributed by atoms with Crippen LogP contribution in [0.25, 0.3) is 0 Å². The summed E-state index contributed by atoms with van der Waals surface area (Å²) in [5.74, 6) is 0.509. The Morgan fingerprint density at radius 2 is 2.13 bits per heavy atom. The number of carbonyl (C=O) groups is 1. The molecule has 5 nitrogen and oxygen atoms in total. The van der Waals surface area contributed by atoms with Crippen LogP contribution in [0.3, 0.4) is 0 Å². The zero-order valence-electron chi connectivity index (χ0n) is 8.87. The van der Waals surface area contributed by atoms with Gasteiger partial charge in [0, 0.05) is 12.6 Å². The molecule has 5 heteroatoms. The van der Waals surface area contributed by atoms with Crippen molar-refractivity contribution in [1.82, 2.24) is 15.5 Å². The van der Waals surface area contributed by atoms with Crippen molar-refractivity contribution >= 4 is 11.7 Å². The van der Waals surface area contributed by atoms with Crippen molar-refractivity contribution in [2.45, 2.75) is 25.3 Å². The van der Waals surface area contributed by atoms with Crippen LogP contribution in [0.2, 0.25) is 0 Å². The molecule has 0 bridgehead atoms. The molecule has 2 N–H and O–H groups in total. The molecule has 1 fully saturated rings. The predicted octanol–water partition coefficient (Wildman–Crippen LogP) is 0.801. The monoisotopic (exact) mass is 206 g/mol. The summed E-state index contributed by atoms with van der Waals surface area (Å²) >= 11 is 0. The Hall–Kier alpha value is -1.65. The lowest BCUT2D eigenvalue weighted by Gasteiger charge is -2.10. The van der Waals surface area contributed by atoms with Gasteiger partial charge in [0.1, 0.15) is 5.82 Å². The minimum atomic E-state index is -0.148. The molecule has 1 aromatic rings. The van der Waals surface area contributed by atoms with Crippen molar-refractivity contribution in [2.75, 3.05) is 12.4 Å². The molecular formula is C10H14N4O. The fourth-order valence-electron chi connectivity index (χ4n) is 1.24. The van der Waals surface area contributed by atoms with Crippen molar-refractivity contribution < 1.29 is 4.79 Å². The zero-order chi connectivity index (χ0) is 10.9. The number of carbonyl (C=O) groups excluding carboxylic acids is 1. The van der Waals surface area contributed by atoms with E-state index < -0.39 is 0 Å². The lowest BCUT2D eigenvalue weighted by molar-refractivity contribution is 0.0929. The largest absolute Gasteiger partial charge is 0.372 e. The van der Waals surface area contributed by atoms with Crippen LogP contribution in [0.1, 0.15) is 30.3 Å². The van der Waals surface area contributed by atoms with Gasteiger partial charge in [0.15, 0.2) is 5.69 Å². The molecule has 0 unspecified atom stereocenters. The first kappa shape index (κ1) is 9.89. The van der Waals surface area contributed by atoms with E-state index in [-0.39, 0.29) is 11.4 Å². The van der Waals surface area contributed by atoms with Gasteiger partial charge < -0.3 is 10.6 Å². The molecule has 15 heavy (non-hydrogen) atoms. The highest BCUT2D eigenvalue weighted by atomic mass is 16.2. The Balaban J connectivity index is 2.05. The van der Waals surface area contributed by atoms with E-state index >= 15 is 0 Å². The summed E-state index contributed by atoms with van der Waals surface area (Å²) in [6.07, 6.45) is 2.08. The summed E-state index contributed by atoms with van der Waals surface area (Å²) in [5.41, 5.74) is 0.350. The molecular weight excluding hydrogens is 192 g/mol. The molecule has 0 radical (unpaired) electrons. The molecule has 1 amide bonds. The van der Waals surface area contributed by atoms with Gasteiger partial charge in [-0.2, -0.15) is 0 Å². The van der Waals surface area contributed by atoms with E-state index in [1.165, 1.54) is 0 Å². The summed E-state index contributed by atoms with van der Waals surface area (Å²) in [7, 11) is 1.76. The Labute approximate surface area is 88.3 Å². The van der Waals surface area contributed by atoms with Gasteiger partial charge in [-0.05, 0) is 31.9 Å². The first-order chi connectivity index (χ1) is 7.13. The lowest BCUT2D eigenvalue weighted by atomic mass is 10.3. The maximum atomic E-state index is 11.7. The Bertz CT molecular complexity index is 370. The molecule has 1 heterocycles. The Kier molecular flexibility index (Phi) is 2.30. The molecule has 1 aliphatic carbocycles.